The summed E-state index contributed by atoms with van der Waals surface area (Å²) in [7, 11) is 0. The van der Waals surface area contributed by atoms with E-state index in [0.29, 0.717) is 28.3 Å². The highest BCUT2D eigenvalue weighted by atomic mass is 32.1. The van der Waals surface area contributed by atoms with E-state index in [4.69, 9.17) is 0 Å². The van der Waals surface area contributed by atoms with Crippen LogP contribution >= 0.6 is 34.0 Å². The highest BCUT2D eigenvalue weighted by Gasteiger charge is 2.12. The van der Waals surface area contributed by atoms with Crippen molar-refractivity contribution < 1.29 is 9.59 Å². The molecule has 2 amide bonds. The van der Waals surface area contributed by atoms with E-state index in [-0.39, 0.29) is 18.2 Å². The number of hydrogen-bond acceptors (Lipinski definition) is 7. The zero-order chi connectivity index (χ0) is 19.2. The Hall–Kier alpha value is -2.10. The predicted molar refractivity (Wildman–Crippen MR) is 112 cm³/mol. The van der Waals surface area contributed by atoms with E-state index in [0.717, 1.165) is 11.3 Å². The number of hydrogen-bond donors (Lipinski definition) is 2. The van der Waals surface area contributed by atoms with Gasteiger partial charge in [0, 0.05) is 27.8 Å². The second-order valence-electron chi connectivity index (χ2n) is 6.22. The van der Waals surface area contributed by atoms with Crippen LogP contribution in [0.2, 0.25) is 0 Å². The Morgan fingerprint density at radius 3 is 2.67 bits per heavy atom. The van der Waals surface area contributed by atoms with Crippen molar-refractivity contribution in [2.75, 3.05) is 10.6 Å². The third-order valence-electron chi connectivity index (χ3n) is 3.66. The molecule has 0 saturated heterocycles. The van der Waals surface area contributed by atoms with Crippen LogP contribution in [0.1, 0.15) is 41.6 Å². The van der Waals surface area contributed by atoms with Crippen molar-refractivity contribution >= 4 is 56.1 Å². The number of carbonyl (C=O) groups excluding carboxylic acids is 2. The van der Waals surface area contributed by atoms with Crippen LogP contribution in [0.15, 0.2) is 29.1 Å². The molecule has 0 aliphatic carbocycles. The van der Waals surface area contributed by atoms with Gasteiger partial charge in [-0.25, -0.2) is 9.97 Å². The number of carbonyl (C=O) groups is 2. The molecule has 0 spiro atoms. The Kier molecular flexibility index (Phi) is 6.70. The minimum Gasteiger partial charge on any atom is -0.302 e. The second kappa shape index (κ2) is 9.20. The summed E-state index contributed by atoms with van der Waals surface area (Å²) < 4.78 is 0. The van der Waals surface area contributed by atoms with Gasteiger partial charge in [-0.2, -0.15) is 0 Å². The summed E-state index contributed by atoms with van der Waals surface area (Å²) in [5.41, 5.74) is 0.631. The van der Waals surface area contributed by atoms with Crippen LogP contribution in [0.3, 0.4) is 0 Å². The van der Waals surface area contributed by atoms with Gasteiger partial charge in [-0.05, 0) is 23.8 Å². The van der Waals surface area contributed by atoms with Gasteiger partial charge in [-0.3, -0.25) is 9.59 Å². The van der Waals surface area contributed by atoms with Gasteiger partial charge in [0.1, 0.15) is 0 Å². The van der Waals surface area contributed by atoms with E-state index >= 15 is 0 Å². The normalized spacial score (nSPS) is 10.9. The first kappa shape index (κ1) is 19.7. The van der Waals surface area contributed by atoms with Gasteiger partial charge in [0.05, 0.1) is 12.1 Å². The quantitative estimate of drug-likeness (QED) is 0.560. The van der Waals surface area contributed by atoms with Crippen molar-refractivity contribution in [3.05, 3.63) is 44.5 Å². The summed E-state index contributed by atoms with van der Waals surface area (Å²) in [4.78, 5) is 35.0. The average molecular weight is 421 g/mol. The monoisotopic (exact) mass is 420 g/mol. The zero-order valence-corrected chi connectivity index (χ0v) is 17.5. The average Bonchev–Trinajstić information content (AvgIpc) is 3.35. The standard InChI is InChI=1S/C18H20N4O2S3/c1-11(2)14-9-19-17(27-14)22-16(24)8-12-10-26-18(20-12)21-15(23)6-5-13-4-3-7-25-13/h3-4,7,9-11H,5-6,8H2,1-2H3,(H,19,22,24)(H,20,21,23). The molecule has 0 unspecified atom stereocenters. The maximum Gasteiger partial charge on any atom is 0.232 e. The predicted octanol–water partition coefficient (Wildman–Crippen LogP) is 4.54. The molecular formula is C18H20N4O2S3. The highest BCUT2D eigenvalue weighted by molar-refractivity contribution is 7.15. The molecule has 9 heteroatoms. The van der Waals surface area contributed by atoms with Crippen LogP contribution in [-0.2, 0) is 22.4 Å². The van der Waals surface area contributed by atoms with E-state index < -0.39 is 0 Å². The fourth-order valence-electron chi connectivity index (χ4n) is 2.26. The van der Waals surface area contributed by atoms with Crippen molar-refractivity contribution in [1.29, 1.82) is 0 Å². The number of nitrogens with one attached hydrogen (secondary N) is 2. The smallest absolute Gasteiger partial charge is 0.232 e. The Labute approximate surface area is 169 Å². The molecule has 3 heterocycles. The van der Waals surface area contributed by atoms with Gasteiger partial charge < -0.3 is 10.6 Å². The van der Waals surface area contributed by atoms with Crippen LogP contribution in [0, 0.1) is 0 Å². The third kappa shape index (κ3) is 5.95. The molecule has 0 fully saturated rings. The fraction of sp³-hybridized carbons (Fsp3) is 0.333. The molecule has 2 N–H and O–H groups in total. The Morgan fingerprint density at radius 2 is 1.96 bits per heavy atom. The number of anilines is 2. The van der Waals surface area contributed by atoms with Gasteiger partial charge in [-0.1, -0.05) is 19.9 Å². The molecule has 3 aromatic heterocycles. The Morgan fingerprint density at radius 1 is 1.15 bits per heavy atom. The first-order chi connectivity index (χ1) is 13.0. The number of nitrogens with zero attached hydrogens (tertiary/aromatic N) is 2. The molecule has 27 heavy (non-hydrogen) atoms. The number of thiophene rings is 1. The molecule has 0 aliphatic heterocycles. The fourth-order valence-corrected chi connectivity index (χ4v) is 4.53. The van der Waals surface area contributed by atoms with E-state index in [1.165, 1.54) is 27.6 Å². The first-order valence-electron chi connectivity index (χ1n) is 8.52. The van der Waals surface area contributed by atoms with E-state index in [2.05, 4.69) is 34.4 Å². The van der Waals surface area contributed by atoms with E-state index in [1.807, 2.05) is 17.5 Å². The van der Waals surface area contributed by atoms with Crippen molar-refractivity contribution in [2.45, 2.75) is 39.0 Å². The lowest BCUT2D eigenvalue weighted by Gasteiger charge is -2.01. The van der Waals surface area contributed by atoms with Gasteiger partial charge >= 0.3 is 0 Å². The van der Waals surface area contributed by atoms with Crippen LogP contribution in [0.25, 0.3) is 0 Å². The SMILES string of the molecule is CC(C)c1cnc(NC(=O)Cc2csc(NC(=O)CCc3cccs3)n2)s1. The Balaban J connectivity index is 1.46. The minimum absolute atomic E-state index is 0.0715. The molecular weight excluding hydrogens is 400 g/mol. The molecule has 6 nitrogen and oxygen atoms in total. The first-order valence-corrected chi connectivity index (χ1v) is 11.1. The second-order valence-corrected chi connectivity index (χ2v) is 9.17. The molecule has 0 aromatic carbocycles. The summed E-state index contributed by atoms with van der Waals surface area (Å²) >= 11 is 4.45. The Bertz CT molecular complexity index is 900. The minimum atomic E-state index is -0.166. The number of amides is 2. The summed E-state index contributed by atoms with van der Waals surface area (Å²) in [5, 5.41) is 10.5. The lowest BCUT2D eigenvalue weighted by atomic mass is 10.2. The van der Waals surface area contributed by atoms with E-state index in [9.17, 15) is 9.59 Å². The summed E-state index contributed by atoms with van der Waals surface area (Å²) in [6, 6.07) is 4.00. The van der Waals surface area contributed by atoms with Crippen LogP contribution in [0.4, 0.5) is 10.3 Å². The van der Waals surface area contributed by atoms with Gasteiger partial charge in [0.25, 0.3) is 0 Å². The van der Waals surface area contributed by atoms with Crippen LogP contribution in [-0.4, -0.2) is 21.8 Å². The lowest BCUT2D eigenvalue weighted by molar-refractivity contribution is -0.116. The molecule has 0 bridgehead atoms. The number of aromatic nitrogens is 2. The van der Waals surface area contributed by atoms with Gasteiger partial charge in [-0.15, -0.1) is 34.0 Å². The van der Waals surface area contributed by atoms with Crippen molar-refractivity contribution in [2.24, 2.45) is 0 Å². The highest BCUT2D eigenvalue weighted by Crippen LogP contribution is 2.25. The van der Waals surface area contributed by atoms with Crippen molar-refractivity contribution in [3.63, 3.8) is 0 Å². The molecule has 0 atom stereocenters. The maximum absolute atomic E-state index is 12.2. The number of thiazole rings is 2. The van der Waals surface area contributed by atoms with Crippen LogP contribution in [0.5, 0.6) is 0 Å². The third-order valence-corrected chi connectivity index (χ3v) is 6.61. The molecule has 0 saturated carbocycles. The molecule has 0 radical (unpaired) electrons. The number of rotatable bonds is 8. The largest absolute Gasteiger partial charge is 0.302 e. The summed E-state index contributed by atoms with van der Waals surface area (Å²) in [6.07, 6.45) is 3.07. The maximum atomic E-state index is 12.2. The van der Waals surface area contributed by atoms with Crippen molar-refractivity contribution in [3.8, 4) is 0 Å². The van der Waals surface area contributed by atoms with E-state index in [1.54, 1.807) is 22.9 Å². The van der Waals surface area contributed by atoms with Crippen LogP contribution < -0.4 is 10.6 Å². The zero-order valence-electron chi connectivity index (χ0n) is 15.0. The molecule has 3 aromatic rings. The lowest BCUT2D eigenvalue weighted by Crippen LogP contribution is -2.15. The summed E-state index contributed by atoms with van der Waals surface area (Å²) in [5.74, 6) is 0.149. The number of aryl methyl sites for hydroxylation is 1. The molecule has 3 rings (SSSR count). The molecule has 142 valence electrons. The topological polar surface area (TPSA) is 84.0 Å². The van der Waals surface area contributed by atoms with Crippen molar-refractivity contribution in [1.82, 2.24) is 9.97 Å². The van der Waals surface area contributed by atoms with Gasteiger partial charge in [0.2, 0.25) is 11.8 Å². The summed E-state index contributed by atoms with van der Waals surface area (Å²) in [6.45, 7) is 4.18. The molecule has 0 aliphatic rings. The van der Waals surface area contributed by atoms with Gasteiger partial charge in [0.15, 0.2) is 10.3 Å².